The topological polar surface area (TPSA) is 36.4 Å². The lowest BCUT2D eigenvalue weighted by Crippen LogP contribution is -2.39. The van der Waals surface area contributed by atoms with Crippen LogP contribution in [0.4, 0.5) is 9.52 Å². The van der Waals surface area contributed by atoms with Crippen LogP contribution in [0.5, 0.6) is 0 Å². The van der Waals surface area contributed by atoms with Crippen molar-refractivity contribution < 1.29 is 9.18 Å². The first-order valence-electron chi connectivity index (χ1n) is 10.4. The summed E-state index contributed by atoms with van der Waals surface area (Å²) in [7, 11) is 0. The summed E-state index contributed by atoms with van der Waals surface area (Å²) in [6.07, 6.45) is 0.385. The summed E-state index contributed by atoms with van der Waals surface area (Å²) in [5.41, 5.74) is 1.79. The highest BCUT2D eigenvalue weighted by Crippen LogP contribution is 2.34. The molecule has 174 valence electrons. The molecule has 4 nitrogen and oxygen atoms in total. The van der Waals surface area contributed by atoms with Crippen molar-refractivity contribution in [2.24, 2.45) is 0 Å². The lowest BCUT2D eigenvalue weighted by Gasteiger charge is -2.24. The van der Waals surface area contributed by atoms with Gasteiger partial charge >= 0.3 is 0 Å². The Hall–Kier alpha value is -1.38. The summed E-state index contributed by atoms with van der Waals surface area (Å²) in [5, 5.41) is 1.39. The van der Waals surface area contributed by atoms with E-state index < -0.39 is 0 Å². The van der Waals surface area contributed by atoms with E-state index in [-0.39, 0.29) is 24.1 Å². The molecule has 2 aromatic carbocycles. The zero-order chi connectivity index (χ0) is 22.4. The van der Waals surface area contributed by atoms with Crippen LogP contribution in [-0.2, 0) is 4.79 Å². The molecule has 0 saturated heterocycles. The fourth-order valence-corrected chi connectivity index (χ4v) is 5.30. The molecular formula is C23H28Cl2FN3OS2. The average Bonchev–Trinajstić information content (AvgIpc) is 3.20. The number of fused-ring (bicyclic) bond motifs is 1. The molecule has 0 aliphatic carbocycles. The maximum absolute atomic E-state index is 13.2. The number of nitrogens with zero attached hydrogens (tertiary/aromatic N) is 3. The van der Waals surface area contributed by atoms with Crippen molar-refractivity contribution >= 4 is 68.4 Å². The van der Waals surface area contributed by atoms with Gasteiger partial charge in [0.1, 0.15) is 5.82 Å². The Morgan fingerprint density at radius 3 is 2.47 bits per heavy atom. The van der Waals surface area contributed by atoms with Gasteiger partial charge < -0.3 is 4.90 Å². The van der Waals surface area contributed by atoms with Gasteiger partial charge in [0.2, 0.25) is 5.91 Å². The van der Waals surface area contributed by atoms with E-state index in [1.807, 2.05) is 24.0 Å². The number of halogens is 3. The summed E-state index contributed by atoms with van der Waals surface area (Å²) in [4.78, 5) is 23.0. The van der Waals surface area contributed by atoms with Crippen molar-refractivity contribution in [1.29, 1.82) is 0 Å². The van der Waals surface area contributed by atoms with Crippen molar-refractivity contribution in [2.45, 2.75) is 32.1 Å². The Morgan fingerprint density at radius 2 is 1.81 bits per heavy atom. The molecule has 3 aromatic rings. The summed E-state index contributed by atoms with van der Waals surface area (Å²) in [6.45, 7) is 9.46. The van der Waals surface area contributed by atoms with Gasteiger partial charge in [-0.1, -0.05) is 36.8 Å². The minimum Gasteiger partial charge on any atom is -0.302 e. The Bertz CT molecular complexity index is 1030. The molecule has 0 aliphatic heterocycles. The number of aromatic nitrogens is 1. The number of rotatable bonds is 10. The Morgan fingerprint density at radius 1 is 1.12 bits per heavy atom. The van der Waals surface area contributed by atoms with Gasteiger partial charge in [0.15, 0.2) is 5.13 Å². The molecule has 0 saturated carbocycles. The molecule has 0 bridgehead atoms. The van der Waals surface area contributed by atoms with E-state index in [9.17, 15) is 9.18 Å². The van der Waals surface area contributed by atoms with Crippen LogP contribution in [0, 0.1) is 12.7 Å². The molecule has 0 radical (unpaired) electrons. The van der Waals surface area contributed by atoms with Gasteiger partial charge in [-0.2, -0.15) is 0 Å². The summed E-state index contributed by atoms with van der Waals surface area (Å²) < 4.78 is 14.1. The van der Waals surface area contributed by atoms with Gasteiger partial charge in [-0.05, 0) is 62.0 Å². The normalized spacial score (nSPS) is 11.1. The molecular weight excluding hydrogens is 488 g/mol. The van der Waals surface area contributed by atoms with Crippen LogP contribution < -0.4 is 4.90 Å². The number of hydrogen-bond donors (Lipinski definition) is 0. The fraction of sp³-hybridized carbons (Fsp3) is 0.391. The molecule has 9 heteroatoms. The molecule has 1 heterocycles. The van der Waals surface area contributed by atoms with Crippen LogP contribution in [0.25, 0.3) is 10.2 Å². The van der Waals surface area contributed by atoms with Crippen LogP contribution in [0.3, 0.4) is 0 Å². The minimum absolute atomic E-state index is 0. The van der Waals surface area contributed by atoms with Crippen molar-refractivity contribution in [3.05, 3.63) is 52.8 Å². The molecule has 1 aromatic heterocycles. The van der Waals surface area contributed by atoms with E-state index in [1.54, 1.807) is 23.9 Å². The number of amides is 1. The molecule has 0 fully saturated rings. The van der Waals surface area contributed by atoms with Crippen LogP contribution in [0.1, 0.15) is 25.8 Å². The predicted molar refractivity (Wildman–Crippen MR) is 138 cm³/mol. The maximum atomic E-state index is 13.2. The molecule has 0 N–H and O–H groups in total. The van der Waals surface area contributed by atoms with Crippen molar-refractivity contribution in [3.8, 4) is 0 Å². The molecule has 1 amide bonds. The maximum Gasteiger partial charge on any atom is 0.229 e. The van der Waals surface area contributed by atoms with E-state index in [1.165, 1.54) is 23.5 Å². The zero-order valence-corrected chi connectivity index (χ0v) is 21.6. The van der Waals surface area contributed by atoms with Crippen molar-refractivity contribution in [3.63, 3.8) is 0 Å². The predicted octanol–water partition coefficient (Wildman–Crippen LogP) is 6.68. The van der Waals surface area contributed by atoms with Crippen molar-refractivity contribution in [1.82, 2.24) is 9.88 Å². The first-order valence-corrected chi connectivity index (χ1v) is 12.6. The third-order valence-corrected chi connectivity index (χ3v) is 7.67. The van der Waals surface area contributed by atoms with E-state index in [0.29, 0.717) is 28.9 Å². The summed E-state index contributed by atoms with van der Waals surface area (Å²) in [6, 6.07) is 10.2. The average molecular weight is 517 g/mol. The number of likely N-dealkylation sites (N-methyl/N-ethyl adjacent to an activating group) is 1. The van der Waals surface area contributed by atoms with Gasteiger partial charge in [0, 0.05) is 35.2 Å². The zero-order valence-electron chi connectivity index (χ0n) is 18.4. The van der Waals surface area contributed by atoms with E-state index >= 15 is 0 Å². The molecule has 3 rings (SSSR count). The van der Waals surface area contributed by atoms with Crippen LogP contribution in [0.15, 0.2) is 41.3 Å². The van der Waals surface area contributed by atoms with Gasteiger partial charge in [-0.25, -0.2) is 9.37 Å². The Labute approximate surface area is 208 Å². The monoisotopic (exact) mass is 515 g/mol. The molecule has 32 heavy (non-hydrogen) atoms. The Kier molecular flexibility index (Phi) is 10.7. The molecule has 0 atom stereocenters. The van der Waals surface area contributed by atoms with Gasteiger partial charge in [-0.3, -0.25) is 9.69 Å². The van der Waals surface area contributed by atoms with Crippen LogP contribution in [-0.4, -0.2) is 47.7 Å². The highest BCUT2D eigenvalue weighted by Gasteiger charge is 2.21. The van der Waals surface area contributed by atoms with E-state index in [2.05, 4.69) is 18.7 Å². The number of aryl methyl sites for hydroxylation is 1. The number of thioether (sulfide) groups is 1. The van der Waals surface area contributed by atoms with E-state index in [4.69, 9.17) is 16.6 Å². The standard InChI is InChI=1S/C23H27ClFN3OS2.ClH/c1-4-27(5-2)13-14-28(21(29)12-15-30-18-8-6-17(25)7-9-18)23-26-22-16(3)19(24)10-11-20(22)31-23;/h6-11H,4-5,12-15H2,1-3H3;1H. The first-order chi connectivity index (χ1) is 14.9. The third-order valence-electron chi connectivity index (χ3n) is 5.20. The summed E-state index contributed by atoms with van der Waals surface area (Å²) >= 11 is 9.34. The van der Waals surface area contributed by atoms with Gasteiger partial charge in [0.25, 0.3) is 0 Å². The van der Waals surface area contributed by atoms with Crippen molar-refractivity contribution in [2.75, 3.05) is 36.8 Å². The number of benzene rings is 2. The van der Waals surface area contributed by atoms with Crippen LogP contribution >= 0.6 is 47.1 Å². The number of hydrogen-bond acceptors (Lipinski definition) is 5. The largest absolute Gasteiger partial charge is 0.302 e. The third kappa shape index (κ3) is 6.81. The number of carbonyl (C=O) groups excluding carboxylic acids is 1. The lowest BCUT2D eigenvalue weighted by molar-refractivity contribution is -0.118. The number of anilines is 1. The van der Waals surface area contributed by atoms with Crippen LogP contribution in [0.2, 0.25) is 5.02 Å². The second-order valence-corrected chi connectivity index (χ2v) is 9.72. The smallest absolute Gasteiger partial charge is 0.229 e. The van der Waals surface area contributed by atoms with E-state index in [0.717, 1.165) is 40.3 Å². The highest BCUT2D eigenvalue weighted by molar-refractivity contribution is 7.99. The van der Waals surface area contributed by atoms with Gasteiger partial charge in [-0.15, -0.1) is 24.2 Å². The quantitative estimate of drug-likeness (QED) is 0.282. The highest BCUT2D eigenvalue weighted by atomic mass is 35.5. The van der Waals surface area contributed by atoms with Gasteiger partial charge in [0.05, 0.1) is 10.2 Å². The SMILES string of the molecule is CCN(CC)CCN(C(=O)CCSc1ccc(F)cc1)c1nc2c(C)c(Cl)ccc2s1.Cl. The summed E-state index contributed by atoms with van der Waals surface area (Å²) in [5.74, 6) is 0.418. The Balaban J connectivity index is 0.00000363. The minimum atomic E-state index is -0.255. The molecule has 0 unspecified atom stereocenters. The lowest BCUT2D eigenvalue weighted by atomic mass is 10.2. The second-order valence-electron chi connectivity index (χ2n) is 7.14. The first kappa shape index (κ1) is 26.9. The fourth-order valence-electron chi connectivity index (χ4n) is 3.23. The molecule has 0 aliphatic rings. The second kappa shape index (κ2) is 12.8. The number of carbonyl (C=O) groups is 1. The molecule has 0 spiro atoms. The number of thiazole rings is 1.